The Morgan fingerprint density at radius 1 is 1.26 bits per heavy atom. The number of ether oxygens (including phenoxy) is 1. The molecular formula is C19H24N2O4S2. The van der Waals surface area contributed by atoms with Gasteiger partial charge in [0.25, 0.3) is 10.0 Å². The number of anilines is 1. The van der Waals surface area contributed by atoms with Crippen LogP contribution in [0.2, 0.25) is 0 Å². The molecule has 27 heavy (non-hydrogen) atoms. The van der Waals surface area contributed by atoms with Crippen LogP contribution in [0.5, 0.6) is 5.75 Å². The standard InChI is InChI=1S/C19H24N2O4S2/c1-14(2)25-17-9-7-16(8-10-17)20-19(22)15-5-3-11-21(13-15)27(23,24)18-6-4-12-26-18/h4,6-10,12,14-15H,3,5,11,13H2,1-2H3,(H,20,22)/t15-/m0/s1. The molecule has 2 aromatic rings. The number of carbonyl (C=O) groups is 1. The topological polar surface area (TPSA) is 75.7 Å². The molecule has 0 spiro atoms. The Morgan fingerprint density at radius 3 is 2.63 bits per heavy atom. The predicted molar refractivity (Wildman–Crippen MR) is 107 cm³/mol. The third-order valence-corrected chi connectivity index (χ3v) is 7.58. The van der Waals surface area contributed by atoms with Crippen molar-refractivity contribution in [2.24, 2.45) is 5.92 Å². The van der Waals surface area contributed by atoms with E-state index < -0.39 is 10.0 Å². The summed E-state index contributed by atoms with van der Waals surface area (Å²) in [5, 5.41) is 4.63. The van der Waals surface area contributed by atoms with E-state index >= 15 is 0 Å². The quantitative estimate of drug-likeness (QED) is 0.793. The van der Waals surface area contributed by atoms with E-state index in [0.29, 0.717) is 29.3 Å². The summed E-state index contributed by atoms with van der Waals surface area (Å²) >= 11 is 1.20. The van der Waals surface area contributed by atoms with Crippen molar-refractivity contribution in [2.45, 2.75) is 37.0 Å². The number of carbonyl (C=O) groups excluding carboxylic acids is 1. The van der Waals surface area contributed by atoms with E-state index in [1.807, 2.05) is 26.0 Å². The number of piperidine rings is 1. The van der Waals surface area contributed by atoms with Crippen LogP contribution in [0.15, 0.2) is 46.0 Å². The van der Waals surface area contributed by atoms with Crippen LogP contribution in [0.3, 0.4) is 0 Å². The minimum atomic E-state index is -3.52. The molecule has 0 aliphatic carbocycles. The summed E-state index contributed by atoms with van der Waals surface area (Å²) in [4.78, 5) is 12.6. The third kappa shape index (κ3) is 4.88. The zero-order valence-corrected chi connectivity index (χ0v) is 17.1. The first-order valence-corrected chi connectivity index (χ1v) is 11.3. The maximum Gasteiger partial charge on any atom is 0.252 e. The van der Waals surface area contributed by atoms with Crippen molar-refractivity contribution < 1.29 is 17.9 Å². The van der Waals surface area contributed by atoms with Crippen LogP contribution in [0.25, 0.3) is 0 Å². The molecule has 3 rings (SSSR count). The van der Waals surface area contributed by atoms with Crippen molar-refractivity contribution in [3.05, 3.63) is 41.8 Å². The molecule has 1 atom stereocenters. The van der Waals surface area contributed by atoms with Crippen LogP contribution in [0.1, 0.15) is 26.7 Å². The van der Waals surface area contributed by atoms with Gasteiger partial charge in [-0.2, -0.15) is 4.31 Å². The lowest BCUT2D eigenvalue weighted by molar-refractivity contribution is -0.120. The Kier molecular flexibility index (Phi) is 6.18. The second-order valence-corrected chi connectivity index (χ2v) is 9.93. The highest BCUT2D eigenvalue weighted by Gasteiger charge is 2.33. The van der Waals surface area contributed by atoms with Crippen LogP contribution < -0.4 is 10.1 Å². The minimum Gasteiger partial charge on any atom is -0.491 e. The van der Waals surface area contributed by atoms with Crippen LogP contribution in [-0.4, -0.2) is 37.8 Å². The van der Waals surface area contributed by atoms with Crippen molar-refractivity contribution in [1.82, 2.24) is 4.31 Å². The van der Waals surface area contributed by atoms with Crippen molar-refractivity contribution in [3.8, 4) is 5.75 Å². The average molecular weight is 409 g/mol. The first-order chi connectivity index (χ1) is 12.9. The molecule has 1 amide bonds. The highest BCUT2D eigenvalue weighted by Crippen LogP contribution is 2.27. The number of hydrogen-bond acceptors (Lipinski definition) is 5. The largest absolute Gasteiger partial charge is 0.491 e. The fourth-order valence-electron chi connectivity index (χ4n) is 3.05. The molecule has 1 N–H and O–H groups in total. The van der Waals surface area contributed by atoms with Crippen molar-refractivity contribution in [1.29, 1.82) is 0 Å². The van der Waals surface area contributed by atoms with E-state index in [4.69, 9.17) is 4.74 Å². The van der Waals surface area contributed by atoms with Crippen molar-refractivity contribution >= 4 is 33.0 Å². The highest BCUT2D eigenvalue weighted by atomic mass is 32.2. The number of thiophene rings is 1. The first kappa shape index (κ1) is 19.9. The van der Waals surface area contributed by atoms with E-state index in [9.17, 15) is 13.2 Å². The average Bonchev–Trinajstić information content (AvgIpc) is 3.18. The van der Waals surface area contributed by atoms with Gasteiger partial charge in [0.2, 0.25) is 5.91 Å². The Labute approximate surface area is 164 Å². The van der Waals surface area contributed by atoms with Crippen LogP contribution in [0.4, 0.5) is 5.69 Å². The van der Waals surface area contributed by atoms with Crippen LogP contribution in [-0.2, 0) is 14.8 Å². The molecule has 1 fully saturated rings. The summed E-state index contributed by atoms with van der Waals surface area (Å²) in [6, 6.07) is 10.5. The molecule has 8 heteroatoms. The van der Waals surface area contributed by atoms with Gasteiger partial charge in [-0.25, -0.2) is 8.42 Å². The second-order valence-electron chi connectivity index (χ2n) is 6.81. The predicted octanol–water partition coefficient (Wildman–Crippen LogP) is 3.57. The van der Waals surface area contributed by atoms with Gasteiger partial charge in [-0.3, -0.25) is 4.79 Å². The SMILES string of the molecule is CC(C)Oc1ccc(NC(=O)[C@H]2CCCN(S(=O)(=O)c3cccs3)C2)cc1. The number of rotatable bonds is 6. The van der Waals surface area contributed by atoms with E-state index in [-0.39, 0.29) is 24.5 Å². The molecule has 1 aliphatic heterocycles. The maximum absolute atomic E-state index is 12.7. The number of nitrogens with zero attached hydrogens (tertiary/aromatic N) is 1. The smallest absolute Gasteiger partial charge is 0.252 e. The van der Waals surface area contributed by atoms with E-state index in [1.165, 1.54) is 15.6 Å². The lowest BCUT2D eigenvalue weighted by Crippen LogP contribution is -2.43. The zero-order chi connectivity index (χ0) is 19.4. The normalized spacial score (nSPS) is 18.4. The monoisotopic (exact) mass is 408 g/mol. The molecule has 1 aromatic carbocycles. The molecule has 1 saturated heterocycles. The van der Waals surface area contributed by atoms with Gasteiger partial charge in [0.1, 0.15) is 9.96 Å². The molecule has 0 unspecified atom stereocenters. The Hall–Kier alpha value is -1.90. The maximum atomic E-state index is 12.7. The summed E-state index contributed by atoms with van der Waals surface area (Å²) in [7, 11) is -3.52. The Balaban J connectivity index is 1.63. The van der Waals surface area contributed by atoms with E-state index in [0.717, 1.165) is 5.75 Å². The Bertz CT molecular complexity index is 862. The van der Waals surface area contributed by atoms with Crippen molar-refractivity contribution in [2.75, 3.05) is 18.4 Å². The van der Waals surface area contributed by atoms with Gasteiger partial charge in [-0.15, -0.1) is 11.3 Å². The van der Waals surface area contributed by atoms with Gasteiger partial charge >= 0.3 is 0 Å². The molecule has 1 aromatic heterocycles. The lowest BCUT2D eigenvalue weighted by atomic mass is 9.99. The highest BCUT2D eigenvalue weighted by molar-refractivity contribution is 7.91. The van der Waals surface area contributed by atoms with Crippen molar-refractivity contribution in [3.63, 3.8) is 0 Å². The lowest BCUT2D eigenvalue weighted by Gasteiger charge is -2.30. The number of nitrogens with one attached hydrogen (secondary N) is 1. The number of hydrogen-bond donors (Lipinski definition) is 1. The summed E-state index contributed by atoms with van der Waals surface area (Å²) in [6.45, 7) is 4.56. The second kappa shape index (κ2) is 8.41. The number of amides is 1. The fourth-order valence-corrected chi connectivity index (χ4v) is 5.71. The molecule has 0 bridgehead atoms. The summed E-state index contributed by atoms with van der Waals surface area (Å²) in [6.07, 6.45) is 1.43. The van der Waals surface area contributed by atoms with Gasteiger partial charge in [0.15, 0.2) is 0 Å². The van der Waals surface area contributed by atoms with E-state index in [1.54, 1.807) is 29.6 Å². The summed E-state index contributed by atoms with van der Waals surface area (Å²) < 4.78 is 32.7. The van der Waals surface area contributed by atoms with Gasteiger partial charge in [-0.1, -0.05) is 6.07 Å². The molecular weight excluding hydrogens is 384 g/mol. The third-order valence-electron chi connectivity index (χ3n) is 4.34. The van der Waals surface area contributed by atoms with Gasteiger partial charge in [0, 0.05) is 18.8 Å². The molecule has 2 heterocycles. The number of sulfonamides is 1. The Morgan fingerprint density at radius 2 is 2.00 bits per heavy atom. The van der Waals surface area contributed by atoms with Crippen LogP contribution >= 0.6 is 11.3 Å². The molecule has 146 valence electrons. The molecule has 6 nitrogen and oxygen atoms in total. The summed E-state index contributed by atoms with van der Waals surface area (Å²) in [5.74, 6) is 0.229. The molecule has 0 radical (unpaired) electrons. The fraction of sp³-hybridized carbons (Fsp3) is 0.421. The van der Waals surface area contributed by atoms with Gasteiger partial charge < -0.3 is 10.1 Å². The minimum absolute atomic E-state index is 0.0870. The summed E-state index contributed by atoms with van der Waals surface area (Å²) in [5.41, 5.74) is 0.675. The van der Waals surface area contributed by atoms with Crippen LogP contribution in [0, 0.1) is 5.92 Å². The van der Waals surface area contributed by atoms with Gasteiger partial charge in [0.05, 0.1) is 12.0 Å². The zero-order valence-electron chi connectivity index (χ0n) is 15.4. The first-order valence-electron chi connectivity index (χ1n) is 8.97. The molecule has 1 aliphatic rings. The van der Waals surface area contributed by atoms with Gasteiger partial charge in [-0.05, 0) is 62.4 Å². The molecule has 0 saturated carbocycles. The van der Waals surface area contributed by atoms with E-state index in [2.05, 4.69) is 5.32 Å². The number of benzene rings is 1.